The average molecular weight is 281 g/mol. The lowest BCUT2D eigenvalue weighted by Crippen LogP contribution is -2.33. The van der Waals surface area contributed by atoms with Gasteiger partial charge in [-0.05, 0) is 13.6 Å². The van der Waals surface area contributed by atoms with E-state index in [0.717, 1.165) is 12.7 Å². The molecule has 0 aliphatic heterocycles. The van der Waals surface area contributed by atoms with Crippen molar-refractivity contribution in [2.45, 2.75) is 6.92 Å². The molecule has 0 bridgehead atoms. The first-order chi connectivity index (χ1) is 9.49. The number of aromatic nitrogens is 1. The van der Waals surface area contributed by atoms with Crippen LogP contribution in [0.5, 0.6) is 0 Å². The summed E-state index contributed by atoms with van der Waals surface area (Å²) in [6.07, 6.45) is 1.08. The molecule has 0 saturated carbocycles. The first-order valence-electron chi connectivity index (χ1n) is 6.28. The first kappa shape index (κ1) is 15.8. The number of nitrogens with zero attached hydrogens (tertiary/aromatic N) is 3. The van der Waals surface area contributed by atoms with Crippen LogP contribution in [0, 0.1) is 10.1 Å². The Hall–Kier alpha value is -2.22. The van der Waals surface area contributed by atoms with E-state index in [1.165, 1.54) is 6.07 Å². The van der Waals surface area contributed by atoms with Gasteiger partial charge in [-0.3, -0.25) is 14.9 Å². The molecule has 1 amide bonds. The number of nitrogens with one attached hydrogen (secondary N) is 2. The standard InChI is InChI=1S/C12H19N5O3/c1-4-16(3)6-5-14-12(18)9-7-11(13-2)15-8-10(9)17(19)20/h7-8H,4-6H2,1-3H3,(H,13,15)(H,14,18). The number of amides is 1. The molecule has 110 valence electrons. The van der Waals surface area contributed by atoms with E-state index >= 15 is 0 Å². The minimum Gasteiger partial charge on any atom is -0.373 e. The highest BCUT2D eigenvalue weighted by molar-refractivity contribution is 5.98. The second-order valence-corrected chi connectivity index (χ2v) is 4.25. The van der Waals surface area contributed by atoms with Gasteiger partial charge in [0.05, 0.1) is 4.92 Å². The molecule has 0 aliphatic rings. The summed E-state index contributed by atoms with van der Waals surface area (Å²) in [5.74, 6) is -0.0634. The normalized spacial score (nSPS) is 10.4. The molecular formula is C12H19N5O3. The van der Waals surface area contributed by atoms with Crippen LogP contribution in [0.25, 0.3) is 0 Å². The fraction of sp³-hybridized carbons (Fsp3) is 0.500. The molecular weight excluding hydrogens is 262 g/mol. The largest absolute Gasteiger partial charge is 0.373 e. The number of nitro groups is 1. The SMILES string of the molecule is CCN(C)CCNC(=O)c1cc(NC)ncc1[N+](=O)[O-]. The molecule has 0 atom stereocenters. The van der Waals surface area contributed by atoms with Crippen molar-refractivity contribution >= 4 is 17.4 Å². The highest BCUT2D eigenvalue weighted by atomic mass is 16.6. The van der Waals surface area contributed by atoms with Crippen LogP contribution in [0.15, 0.2) is 12.3 Å². The number of carbonyl (C=O) groups is 1. The number of likely N-dealkylation sites (N-methyl/N-ethyl adjacent to an activating group) is 1. The van der Waals surface area contributed by atoms with E-state index < -0.39 is 10.8 Å². The Bertz CT molecular complexity index is 492. The molecule has 0 aromatic carbocycles. The van der Waals surface area contributed by atoms with Crippen LogP contribution in [0.2, 0.25) is 0 Å². The highest BCUT2D eigenvalue weighted by Crippen LogP contribution is 2.19. The summed E-state index contributed by atoms with van der Waals surface area (Å²) < 4.78 is 0. The predicted molar refractivity (Wildman–Crippen MR) is 75.9 cm³/mol. The number of hydrogen-bond donors (Lipinski definition) is 2. The van der Waals surface area contributed by atoms with Gasteiger partial charge in [0.1, 0.15) is 17.6 Å². The molecule has 0 unspecified atom stereocenters. The van der Waals surface area contributed by atoms with E-state index in [1.807, 2.05) is 18.9 Å². The Morgan fingerprint density at radius 2 is 2.25 bits per heavy atom. The summed E-state index contributed by atoms with van der Waals surface area (Å²) in [7, 11) is 3.56. The monoisotopic (exact) mass is 281 g/mol. The second kappa shape index (κ2) is 7.39. The van der Waals surface area contributed by atoms with E-state index in [0.29, 0.717) is 18.9 Å². The topological polar surface area (TPSA) is 100 Å². The van der Waals surface area contributed by atoms with Crippen LogP contribution in [-0.2, 0) is 0 Å². The third-order valence-corrected chi connectivity index (χ3v) is 2.90. The quantitative estimate of drug-likeness (QED) is 0.564. The Morgan fingerprint density at radius 1 is 1.55 bits per heavy atom. The van der Waals surface area contributed by atoms with Gasteiger partial charge >= 0.3 is 0 Å². The average Bonchev–Trinajstić information content (AvgIpc) is 2.45. The Morgan fingerprint density at radius 3 is 2.80 bits per heavy atom. The van der Waals surface area contributed by atoms with Gasteiger partial charge in [-0.1, -0.05) is 6.92 Å². The van der Waals surface area contributed by atoms with Gasteiger partial charge in [-0.15, -0.1) is 0 Å². The fourth-order valence-corrected chi connectivity index (χ4v) is 1.53. The Kier molecular flexibility index (Phi) is 5.85. The third kappa shape index (κ3) is 4.16. The van der Waals surface area contributed by atoms with Crippen LogP contribution in [-0.4, -0.2) is 54.4 Å². The smallest absolute Gasteiger partial charge is 0.300 e. The summed E-state index contributed by atoms with van der Waals surface area (Å²) in [5, 5.41) is 16.3. The molecule has 2 N–H and O–H groups in total. The molecule has 1 aromatic heterocycles. The van der Waals surface area contributed by atoms with Crippen LogP contribution in [0.3, 0.4) is 0 Å². The third-order valence-electron chi connectivity index (χ3n) is 2.90. The van der Waals surface area contributed by atoms with Crippen molar-refractivity contribution in [1.29, 1.82) is 0 Å². The Labute approximate surface area is 117 Å². The minimum absolute atomic E-state index is 0.00787. The molecule has 1 heterocycles. The maximum atomic E-state index is 12.0. The van der Waals surface area contributed by atoms with Gasteiger partial charge in [0.2, 0.25) is 0 Å². The molecule has 20 heavy (non-hydrogen) atoms. The summed E-state index contributed by atoms with van der Waals surface area (Å²) in [6.45, 7) is 3.99. The lowest BCUT2D eigenvalue weighted by atomic mass is 10.2. The summed E-state index contributed by atoms with van der Waals surface area (Å²) >= 11 is 0. The molecule has 0 fully saturated rings. The lowest BCUT2D eigenvalue weighted by molar-refractivity contribution is -0.385. The number of rotatable bonds is 7. The zero-order valence-electron chi connectivity index (χ0n) is 11.8. The Balaban J connectivity index is 2.82. The molecule has 0 spiro atoms. The van der Waals surface area contributed by atoms with Gasteiger partial charge in [0.25, 0.3) is 11.6 Å². The van der Waals surface area contributed by atoms with E-state index in [-0.39, 0.29) is 11.3 Å². The van der Waals surface area contributed by atoms with E-state index in [4.69, 9.17) is 0 Å². The second-order valence-electron chi connectivity index (χ2n) is 4.25. The molecule has 1 rings (SSSR count). The molecule has 8 heteroatoms. The maximum Gasteiger partial charge on any atom is 0.300 e. The zero-order valence-corrected chi connectivity index (χ0v) is 11.8. The molecule has 8 nitrogen and oxygen atoms in total. The van der Waals surface area contributed by atoms with Crippen molar-refractivity contribution in [1.82, 2.24) is 15.2 Å². The number of carbonyl (C=O) groups excluding carboxylic acids is 1. The number of anilines is 1. The van der Waals surface area contributed by atoms with Gasteiger partial charge in [0, 0.05) is 26.2 Å². The summed E-state index contributed by atoms with van der Waals surface area (Å²) in [5.41, 5.74) is -0.293. The summed E-state index contributed by atoms with van der Waals surface area (Å²) in [4.78, 5) is 28.2. The van der Waals surface area contributed by atoms with Crippen molar-refractivity contribution in [3.05, 3.63) is 27.9 Å². The van der Waals surface area contributed by atoms with Crippen LogP contribution >= 0.6 is 0 Å². The maximum absolute atomic E-state index is 12.0. The zero-order chi connectivity index (χ0) is 15.1. The van der Waals surface area contributed by atoms with Crippen molar-refractivity contribution in [3.63, 3.8) is 0 Å². The van der Waals surface area contributed by atoms with Gasteiger partial charge < -0.3 is 15.5 Å². The van der Waals surface area contributed by atoms with Gasteiger partial charge in [-0.25, -0.2) is 4.98 Å². The predicted octanol–water partition coefficient (Wildman–Crippen LogP) is 0.713. The fourth-order valence-electron chi connectivity index (χ4n) is 1.53. The number of hydrogen-bond acceptors (Lipinski definition) is 6. The number of pyridine rings is 1. The van der Waals surface area contributed by atoms with Crippen LogP contribution in [0.1, 0.15) is 17.3 Å². The molecule has 0 radical (unpaired) electrons. The molecule has 1 aromatic rings. The van der Waals surface area contributed by atoms with E-state index in [9.17, 15) is 14.9 Å². The van der Waals surface area contributed by atoms with Gasteiger partial charge in [-0.2, -0.15) is 0 Å². The van der Waals surface area contributed by atoms with Crippen molar-refractivity contribution in [3.8, 4) is 0 Å². The lowest BCUT2D eigenvalue weighted by Gasteiger charge is -2.14. The summed E-state index contributed by atoms with van der Waals surface area (Å²) in [6, 6.07) is 1.37. The first-order valence-corrected chi connectivity index (χ1v) is 6.28. The molecule has 0 saturated heterocycles. The van der Waals surface area contributed by atoms with E-state index in [2.05, 4.69) is 15.6 Å². The van der Waals surface area contributed by atoms with Crippen LogP contribution in [0.4, 0.5) is 11.5 Å². The van der Waals surface area contributed by atoms with E-state index in [1.54, 1.807) is 7.05 Å². The van der Waals surface area contributed by atoms with Crippen molar-refractivity contribution in [2.24, 2.45) is 0 Å². The van der Waals surface area contributed by atoms with Gasteiger partial charge in [0.15, 0.2) is 0 Å². The van der Waals surface area contributed by atoms with Crippen LogP contribution < -0.4 is 10.6 Å². The minimum atomic E-state index is -0.612. The highest BCUT2D eigenvalue weighted by Gasteiger charge is 2.21. The van der Waals surface area contributed by atoms with Crippen molar-refractivity contribution in [2.75, 3.05) is 39.0 Å². The van der Waals surface area contributed by atoms with Crippen molar-refractivity contribution < 1.29 is 9.72 Å². The molecule has 0 aliphatic carbocycles.